The molecule has 7 nitrogen and oxygen atoms in total. The molecule has 158 valence electrons. The molecular formula is C25H19N3O4. The van der Waals surface area contributed by atoms with Gasteiger partial charge in [0.15, 0.2) is 0 Å². The Kier molecular flexibility index (Phi) is 5.89. The first kappa shape index (κ1) is 20.7. The van der Waals surface area contributed by atoms with Crippen LogP contribution in [-0.2, 0) is 4.74 Å². The van der Waals surface area contributed by atoms with E-state index in [1.54, 1.807) is 18.2 Å². The molecule has 4 rings (SSSR count). The van der Waals surface area contributed by atoms with Crippen molar-refractivity contribution in [3.63, 3.8) is 0 Å². The molecule has 0 unspecified atom stereocenters. The van der Waals surface area contributed by atoms with Gasteiger partial charge in [-0.1, -0.05) is 72.8 Å². The number of hydrogen-bond donors (Lipinski definition) is 2. The molecule has 0 aliphatic heterocycles. The Morgan fingerprint density at radius 2 is 1.44 bits per heavy atom. The van der Waals surface area contributed by atoms with Crippen LogP contribution in [0.2, 0.25) is 0 Å². The third-order valence-corrected chi connectivity index (χ3v) is 4.90. The van der Waals surface area contributed by atoms with E-state index in [4.69, 9.17) is 4.74 Å². The first-order valence-electron chi connectivity index (χ1n) is 9.82. The molecule has 0 saturated heterocycles. The van der Waals surface area contributed by atoms with Crippen molar-refractivity contribution in [3.8, 4) is 22.4 Å². The van der Waals surface area contributed by atoms with Gasteiger partial charge in [0.1, 0.15) is 5.56 Å². The molecule has 0 fully saturated rings. The van der Waals surface area contributed by atoms with Crippen LogP contribution < -0.4 is 10.9 Å². The van der Waals surface area contributed by atoms with Gasteiger partial charge in [-0.3, -0.25) is 9.59 Å². The van der Waals surface area contributed by atoms with Crippen LogP contribution in [-0.4, -0.2) is 29.2 Å². The fourth-order valence-electron chi connectivity index (χ4n) is 3.42. The van der Waals surface area contributed by atoms with Gasteiger partial charge in [-0.25, -0.2) is 9.89 Å². The summed E-state index contributed by atoms with van der Waals surface area (Å²) in [5.74, 6) is -1.26. The second kappa shape index (κ2) is 9.09. The van der Waals surface area contributed by atoms with Gasteiger partial charge in [-0.05, 0) is 17.7 Å². The second-order valence-corrected chi connectivity index (χ2v) is 6.87. The number of ether oxygens (including phenoxy) is 1. The molecule has 0 saturated carbocycles. The number of anilines is 1. The molecule has 0 spiro atoms. The fraction of sp³-hybridized carbons (Fsp3) is 0.0400. The number of aromatic amines is 1. The van der Waals surface area contributed by atoms with Crippen LogP contribution in [0.15, 0.2) is 89.7 Å². The number of carbonyl (C=O) groups is 2. The van der Waals surface area contributed by atoms with E-state index in [2.05, 4.69) is 15.5 Å². The number of benzene rings is 3. The minimum atomic E-state index is -0.666. The fourth-order valence-corrected chi connectivity index (χ4v) is 3.42. The van der Waals surface area contributed by atoms with Crippen molar-refractivity contribution >= 4 is 17.6 Å². The molecule has 1 aromatic heterocycles. The zero-order valence-corrected chi connectivity index (χ0v) is 17.2. The third kappa shape index (κ3) is 4.04. The topological polar surface area (TPSA) is 101 Å². The Morgan fingerprint density at radius 1 is 0.844 bits per heavy atom. The zero-order valence-electron chi connectivity index (χ0n) is 17.2. The van der Waals surface area contributed by atoms with Crippen LogP contribution in [0.5, 0.6) is 0 Å². The second-order valence-electron chi connectivity index (χ2n) is 6.87. The molecule has 3 aromatic carbocycles. The molecule has 0 bridgehead atoms. The number of rotatable bonds is 5. The van der Waals surface area contributed by atoms with Crippen LogP contribution in [0.1, 0.15) is 20.7 Å². The lowest BCUT2D eigenvalue weighted by atomic mass is 9.95. The van der Waals surface area contributed by atoms with Crippen molar-refractivity contribution in [1.29, 1.82) is 0 Å². The van der Waals surface area contributed by atoms with E-state index in [9.17, 15) is 14.4 Å². The van der Waals surface area contributed by atoms with Gasteiger partial charge < -0.3 is 10.1 Å². The number of nitrogens with zero attached hydrogens (tertiary/aromatic N) is 1. The molecule has 0 aliphatic carbocycles. The lowest BCUT2D eigenvalue weighted by Gasteiger charge is -2.15. The standard InChI is InChI=1S/C25H19N3O4/c1-32-25(31)18-14-8-9-15-19(18)26-23(29)21-20(16-10-4-2-5-11-16)22(27-28-24(21)30)17-12-6-3-7-13-17/h2-15H,1H3,(H,26,29)(H,28,30). The minimum absolute atomic E-state index is 0.107. The van der Waals surface area contributed by atoms with E-state index in [0.29, 0.717) is 16.8 Å². The highest BCUT2D eigenvalue weighted by Gasteiger charge is 2.24. The monoisotopic (exact) mass is 425 g/mol. The van der Waals surface area contributed by atoms with Gasteiger partial charge in [0.25, 0.3) is 11.5 Å². The number of hydrogen-bond acceptors (Lipinski definition) is 5. The van der Waals surface area contributed by atoms with E-state index in [1.807, 2.05) is 60.7 Å². The quantitative estimate of drug-likeness (QED) is 0.468. The first-order chi connectivity index (χ1) is 15.6. The Morgan fingerprint density at radius 3 is 2.09 bits per heavy atom. The molecular weight excluding hydrogens is 406 g/mol. The predicted molar refractivity (Wildman–Crippen MR) is 121 cm³/mol. The summed E-state index contributed by atoms with van der Waals surface area (Å²) >= 11 is 0. The van der Waals surface area contributed by atoms with Gasteiger partial charge >= 0.3 is 5.97 Å². The van der Waals surface area contributed by atoms with E-state index >= 15 is 0 Å². The summed E-state index contributed by atoms with van der Waals surface area (Å²) in [6.45, 7) is 0. The summed E-state index contributed by atoms with van der Waals surface area (Å²) in [4.78, 5) is 38.3. The van der Waals surface area contributed by atoms with E-state index in [0.717, 1.165) is 5.56 Å². The van der Waals surface area contributed by atoms with Crippen molar-refractivity contribution in [2.45, 2.75) is 0 Å². The van der Waals surface area contributed by atoms with E-state index in [1.165, 1.54) is 13.2 Å². The molecule has 1 heterocycles. The summed E-state index contributed by atoms with van der Waals surface area (Å²) in [6, 6.07) is 24.8. The smallest absolute Gasteiger partial charge is 0.339 e. The lowest BCUT2D eigenvalue weighted by Crippen LogP contribution is -2.26. The minimum Gasteiger partial charge on any atom is -0.465 e. The third-order valence-electron chi connectivity index (χ3n) is 4.90. The molecule has 0 atom stereocenters. The summed E-state index contributed by atoms with van der Waals surface area (Å²) in [5, 5.41) is 9.36. The van der Waals surface area contributed by atoms with E-state index in [-0.39, 0.29) is 16.8 Å². The summed E-state index contributed by atoms with van der Waals surface area (Å²) in [5.41, 5.74) is 1.93. The van der Waals surface area contributed by atoms with Gasteiger partial charge in [0.05, 0.1) is 24.1 Å². The van der Waals surface area contributed by atoms with Crippen LogP contribution in [0.4, 0.5) is 5.69 Å². The lowest BCUT2D eigenvalue weighted by molar-refractivity contribution is 0.0602. The van der Waals surface area contributed by atoms with Crippen molar-refractivity contribution in [2.24, 2.45) is 0 Å². The normalized spacial score (nSPS) is 10.4. The molecule has 2 N–H and O–H groups in total. The van der Waals surface area contributed by atoms with Crippen LogP contribution in [0.3, 0.4) is 0 Å². The van der Waals surface area contributed by atoms with Crippen LogP contribution in [0.25, 0.3) is 22.4 Å². The Bertz CT molecular complexity index is 1330. The van der Waals surface area contributed by atoms with Crippen LogP contribution >= 0.6 is 0 Å². The largest absolute Gasteiger partial charge is 0.465 e. The number of carbonyl (C=O) groups excluding carboxylic acids is 2. The SMILES string of the molecule is COC(=O)c1ccccc1NC(=O)c1c(-c2ccccc2)c(-c2ccccc2)n[nH]c1=O. The highest BCUT2D eigenvalue weighted by molar-refractivity contribution is 6.12. The maximum atomic E-state index is 13.4. The molecule has 1 amide bonds. The Balaban J connectivity index is 1.89. The number of aromatic nitrogens is 2. The highest BCUT2D eigenvalue weighted by atomic mass is 16.5. The van der Waals surface area contributed by atoms with E-state index < -0.39 is 17.4 Å². The molecule has 0 aliphatic rings. The van der Waals surface area contributed by atoms with Crippen molar-refractivity contribution < 1.29 is 14.3 Å². The average molecular weight is 425 g/mol. The Hall–Kier alpha value is -4.52. The number of nitrogens with one attached hydrogen (secondary N) is 2. The van der Waals surface area contributed by atoms with Crippen molar-refractivity contribution in [2.75, 3.05) is 12.4 Å². The molecule has 32 heavy (non-hydrogen) atoms. The number of methoxy groups -OCH3 is 1. The number of esters is 1. The molecule has 7 heteroatoms. The zero-order chi connectivity index (χ0) is 22.5. The number of para-hydroxylation sites is 1. The summed E-state index contributed by atoms with van der Waals surface area (Å²) < 4.78 is 4.79. The van der Waals surface area contributed by atoms with Gasteiger partial charge in [0, 0.05) is 11.1 Å². The predicted octanol–water partition coefficient (Wildman–Crippen LogP) is 4.14. The highest BCUT2D eigenvalue weighted by Crippen LogP contribution is 2.32. The molecule has 0 radical (unpaired) electrons. The van der Waals surface area contributed by atoms with Crippen LogP contribution in [0, 0.1) is 0 Å². The van der Waals surface area contributed by atoms with Gasteiger partial charge in [-0.15, -0.1) is 0 Å². The van der Waals surface area contributed by atoms with Crippen molar-refractivity contribution in [1.82, 2.24) is 10.2 Å². The average Bonchev–Trinajstić information content (AvgIpc) is 2.84. The molecule has 4 aromatic rings. The maximum absolute atomic E-state index is 13.4. The number of amides is 1. The maximum Gasteiger partial charge on any atom is 0.339 e. The van der Waals surface area contributed by atoms with Crippen molar-refractivity contribution in [3.05, 3.63) is 106 Å². The van der Waals surface area contributed by atoms with Gasteiger partial charge in [-0.2, -0.15) is 5.10 Å². The Labute approximate surface area is 183 Å². The first-order valence-corrected chi connectivity index (χ1v) is 9.82. The summed E-state index contributed by atoms with van der Waals surface area (Å²) in [7, 11) is 1.26. The summed E-state index contributed by atoms with van der Waals surface area (Å²) in [6.07, 6.45) is 0. The van der Waals surface area contributed by atoms with Gasteiger partial charge in [0.2, 0.25) is 0 Å². The number of H-pyrrole nitrogens is 1.